The number of hydrogen-bond acceptors (Lipinski definition) is 8. The lowest BCUT2D eigenvalue weighted by molar-refractivity contribution is -0.136. The molecule has 4 heterocycles. The third kappa shape index (κ3) is 6.14. The van der Waals surface area contributed by atoms with Gasteiger partial charge in [-0.25, -0.2) is 19.6 Å². The van der Waals surface area contributed by atoms with Crippen LogP contribution in [0.15, 0.2) is 36.7 Å². The quantitative estimate of drug-likeness (QED) is 0.186. The average Bonchev–Trinajstić information content (AvgIpc) is 3.81. The molecule has 7 fully saturated rings. The third-order valence-corrected chi connectivity index (χ3v) is 14.5. The zero-order valence-corrected chi connectivity index (χ0v) is 32.8. The smallest absolute Gasteiger partial charge is 0.407 e. The van der Waals surface area contributed by atoms with Gasteiger partial charge >= 0.3 is 12.2 Å². The van der Waals surface area contributed by atoms with Crippen molar-refractivity contribution in [1.82, 2.24) is 40.4 Å². The number of amides is 4. The monoisotopic (exact) mass is 766 g/mol. The van der Waals surface area contributed by atoms with E-state index in [1.54, 1.807) is 0 Å². The number of nitrogens with one attached hydrogen (secondary N) is 4. The first-order valence-electron chi connectivity index (χ1n) is 20.7. The first kappa shape index (κ1) is 36.7. The van der Waals surface area contributed by atoms with E-state index in [4.69, 9.17) is 19.4 Å². The van der Waals surface area contributed by atoms with Gasteiger partial charge in [-0.2, -0.15) is 0 Å². The van der Waals surface area contributed by atoms with Gasteiger partial charge in [0.15, 0.2) is 0 Å². The fourth-order valence-electron chi connectivity index (χ4n) is 10.9. The van der Waals surface area contributed by atoms with Crippen molar-refractivity contribution in [3.8, 4) is 11.3 Å². The highest BCUT2D eigenvalue weighted by Crippen LogP contribution is 2.59. The van der Waals surface area contributed by atoms with Crippen molar-refractivity contribution in [2.24, 2.45) is 11.8 Å². The van der Waals surface area contributed by atoms with Crippen LogP contribution in [0.5, 0.6) is 0 Å². The maximum Gasteiger partial charge on any atom is 0.407 e. The summed E-state index contributed by atoms with van der Waals surface area (Å²) in [6.07, 6.45) is 14.1. The van der Waals surface area contributed by atoms with Crippen molar-refractivity contribution < 1.29 is 28.7 Å². The zero-order valence-electron chi connectivity index (χ0n) is 32.8. The number of aromatic nitrogens is 4. The Hall–Kier alpha value is -4.88. The van der Waals surface area contributed by atoms with E-state index in [9.17, 15) is 19.2 Å². The minimum atomic E-state index is -0.629. The minimum Gasteiger partial charge on any atom is -0.453 e. The van der Waals surface area contributed by atoms with E-state index < -0.39 is 24.3 Å². The van der Waals surface area contributed by atoms with E-state index in [-0.39, 0.29) is 46.8 Å². The molecule has 0 unspecified atom stereocenters. The number of ether oxygens (including phenoxy) is 2. The molecule has 2 saturated heterocycles. The van der Waals surface area contributed by atoms with Crippen molar-refractivity contribution in [1.29, 1.82) is 0 Å². The molecule has 8 atom stereocenters. The Morgan fingerprint density at radius 3 is 1.70 bits per heavy atom. The highest BCUT2D eigenvalue weighted by Gasteiger charge is 2.58. The molecule has 0 radical (unpaired) electrons. The first-order chi connectivity index (χ1) is 27.1. The molecule has 3 aromatic rings. The highest BCUT2D eigenvalue weighted by molar-refractivity contribution is 5.87. The molecule has 10 rings (SSSR count). The number of fused-ring (bicyclic) bond motifs is 5. The van der Waals surface area contributed by atoms with Crippen LogP contribution in [0.4, 0.5) is 9.59 Å². The van der Waals surface area contributed by atoms with E-state index >= 15 is 0 Å². The number of nitrogens with zero attached hydrogens (tertiary/aromatic N) is 4. The topological polar surface area (TPSA) is 175 Å². The van der Waals surface area contributed by atoms with E-state index in [0.717, 1.165) is 87.1 Å². The van der Waals surface area contributed by atoms with Gasteiger partial charge in [-0.15, -0.1) is 0 Å². The molecular formula is C42H54N8O6. The average molecular weight is 767 g/mol. The molecule has 14 nitrogen and oxygen atoms in total. The van der Waals surface area contributed by atoms with E-state index in [1.807, 2.05) is 36.0 Å². The number of likely N-dealkylation sites (tertiary alicyclic amines) is 2. The lowest BCUT2D eigenvalue weighted by Crippen LogP contribution is -2.49. The molecule has 7 aliphatic rings. The summed E-state index contributed by atoms with van der Waals surface area (Å²) in [5.74, 6) is 2.50. The van der Waals surface area contributed by atoms with Gasteiger partial charge in [0.1, 0.15) is 23.7 Å². The number of rotatable bonds is 11. The lowest BCUT2D eigenvalue weighted by atomic mass is 9.51. The van der Waals surface area contributed by atoms with Gasteiger partial charge < -0.3 is 39.9 Å². The largest absolute Gasteiger partial charge is 0.453 e. The minimum absolute atomic E-state index is 0.0525. The molecule has 2 aliphatic heterocycles. The van der Waals surface area contributed by atoms with Crippen LogP contribution in [0, 0.1) is 11.8 Å². The molecule has 56 heavy (non-hydrogen) atoms. The molecular weight excluding hydrogens is 713 g/mol. The summed E-state index contributed by atoms with van der Waals surface area (Å²) in [4.78, 5) is 72.1. The van der Waals surface area contributed by atoms with Crippen LogP contribution < -0.4 is 10.6 Å². The Balaban J connectivity index is 0.852. The summed E-state index contributed by atoms with van der Waals surface area (Å²) in [6.45, 7) is 3.80. The first-order valence-corrected chi connectivity index (χ1v) is 20.7. The van der Waals surface area contributed by atoms with Crippen molar-refractivity contribution in [3.63, 3.8) is 0 Å². The number of carbonyl (C=O) groups is 4. The van der Waals surface area contributed by atoms with Gasteiger partial charge in [0.2, 0.25) is 11.8 Å². The standard InChI is InChI=1S/C42H54N8O6/c1-5-27(46-39(53)55-3)37(51)49-30-17-24(30)19-32(49)35-43-21-29(45-35)23-7-9-26(10-8-23)41-11-14-42(15-12-41,16-13-41)34-22-44-36(48-34)33-20-25-18-31(25)50(33)38(52)28(6-2)47-40(54)56-4/h7-10,21-22,24-25,27-28,30-33H,5-6,11-20H2,1-4H3,(H,43,45)(H,44,48)(H,46,53)(H,47,54)/t24-,25-,27+,28+,30-,31-,32+,33+,41?,42?/m1/s1. The number of benzene rings is 1. The molecule has 2 aromatic heterocycles. The molecule has 4 amide bonds. The van der Waals surface area contributed by atoms with Gasteiger partial charge in [0.25, 0.3) is 0 Å². The van der Waals surface area contributed by atoms with Crippen LogP contribution in [0.3, 0.4) is 0 Å². The van der Waals surface area contributed by atoms with Crippen LogP contribution in [-0.2, 0) is 29.9 Å². The Kier molecular flexibility index (Phi) is 9.15. The highest BCUT2D eigenvalue weighted by atomic mass is 16.5. The van der Waals surface area contributed by atoms with Crippen molar-refractivity contribution in [3.05, 3.63) is 59.6 Å². The van der Waals surface area contributed by atoms with Crippen molar-refractivity contribution >= 4 is 24.0 Å². The fraction of sp³-hybridized carbons (Fsp3) is 0.619. The normalized spacial score (nSPS) is 31.9. The Bertz CT molecular complexity index is 1980. The Morgan fingerprint density at radius 1 is 0.714 bits per heavy atom. The van der Waals surface area contributed by atoms with Crippen LogP contribution in [0.2, 0.25) is 0 Å². The number of aromatic amines is 2. The summed E-state index contributed by atoms with van der Waals surface area (Å²) in [6, 6.07) is 7.91. The van der Waals surface area contributed by atoms with Crippen LogP contribution in [0.25, 0.3) is 11.3 Å². The predicted molar refractivity (Wildman–Crippen MR) is 205 cm³/mol. The SMILES string of the molecule is CC[C@H](NC(=O)OC)C(=O)N1[C@@H]2C[C@@H]2C[C@H]1c1ncc(-c2ccc(C34CCC(c5cnc([C@@H]6C[C@H]7C[C@H]7N6C(=O)[C@H](CC)NC(=O)OC)[nH]5)(CC3)CC4)cc2)[nH]1. The second-order valence-corrected chi connectivity index (χ2v) is 17.3. The number of carbonyl (C=O) groups excluding carboxylic acids is 4. The molecule has 0 spiro atoms. The maximum atomic E-state index is 13.7. The molecule has 5 saturated carbocycles. The van der Waals surface area contributed by atoms with Crippen LogP contribution in [-0.4, -0.2) is 92.1 Å². The number of methoxy groups -OCH3 is 2. The van der Waals surface area contributed by atoms with E-state index in [0.29, 0.717) is 24.7 Å². The predicted octanol–water partition coefficient (Wildman–Crippen LogP) is 5.94. The summed E-state index contributed by atoms with van der Waals surface area (Å²) in [7, 11) is 2.62. The second-order valence-electron chi connectivity index (χ2n) is 17.3. The summed E-state index contributed by atoms with van der Waals surface area (Å²) < 4.78 is 9.55. The Labute approximate surface area is 327 Å². The number of H-pyrrole nitrogens is 2. The molecule has 2 bridgehead atoms. The van der Waals surface area contributed by atoms with Crippen LogP contribution >= 0.6 is 0 Å². The summed E-state index contributed by atoms with van der Waals surface area (Å²) in [5, 5.41) is 5.43. The molecule has 5 aliphatic carbocycles. The van der Waals surface area contributed by atoms with Crippen LogP contribution in [0.1, 0.15) is 126 Å². The fourth-order valence-corrected chi connectivity index (χ4v) is 10.9. The second kappa shape index (κ2) is 13.9. The van der Waals surface area contributed by atoms with Crippen molar-refractivity contribution in [2.75, 3.05) is 14.2 Å². The van der Waals surface area contributed by atoms with Gasteiger partial charge in [0, 0.05) is 29.4 Å². The lowest BCUT2D eigenvalue weighted by Gasteiger charge is -2.53. The number of imidazole rings is 2. The summed E-state index contributed by atoms with van der Waals surface area (Å²) in [5.41, 5.74) is 4.81. The summed E-state index contributed by atoms with van der Waals surface area (Å²) >= 11 is 0. The zero-order chi connectivity index (χ0) is 38.9. The number of hydrogen-bond donors (Lipinski definition) is 4. The molecule has 1 aromatic carbocycles. The van der Waals surface area contributed by atoms with E-state index in [2.05, 4.69) is 44.9 Å². The van der Waals surface area contributed by atoms with Gasteiger partial charge in [-0.3, -0.25) is 9.59 Å². The van der Waals surface area contributed by atoms with Gasteiger partial charge in [-0.05, 0) is 105 Å². The molecule has 4 N–H and O–H groups in total. The van der Waals surface area contributed by atoms with Crippen molar-refractivity contribution in [2.45, 2.75) is 138 Å². The number of piperidine rings is 2. The maximum absolute atomic E-state index is 13.7. The Morgan fingerprint density at radius 2 is 1.20 bits per heavy atom. The molecule has 298 valence electrons. The van der Waals surface area contributed by atoms with Gasteiger partial charge in [0.05, 0.1) is 38.2 Å². The van der Waals surface area contributed by atoms with Gasteiger partial charge in [-0.1, -0.05) is 38.1 Å². The number of alkyl carbamates (subject to hydrolysis) is 2. The third-order valence-electron chi connectivity index (χ3n) is 14.5. The molecule has 14 heteroatoms. The van der Waals surface area contributed by atoms with E-state index in [1.165, 1.54) is 25.5 Å².